The van der Waals surface area contributed by atoms with Gasteiger partial charge in [-0.1, -0.05) is 12.2 Å². The molecule has 4 aromatic heterocycles. The maximum Gasteiger partial charge on any atom is 0.472 e. The third kappa shape index (κ3) is 5.20. The van der Waals surface area contributed by atoms with E-state index in [1.54, 1.807) is 18.3 Å². The Bertz CT molecular complexity index is 1830. The van der Waals surface area contributed by atoms with Gasteiger partial charge in [0.25, 0.3) is 0 Å². The molecule has 3 saturated heterocycles. The van der Waals surface area contributed by atoms with E-state index in [1.165, 1.54) is 28.0 Å². The molecule has 0 aromatic carbocycles. The van der Waals surface area contributed by atoms with Crippen LogP contribution >= 0.6 is 26.9 Å². The minimum Gasteiger partial charge on any atom is -0.387 e. The van der Waals surface area contributed by atoms with E-state index in [1.807, 2.05) is 0 Å². The van der Waals surface area contributed by atoms with Crippen molar-refractivity contribution in [1.29, 1.82) is 0 Å². The van der Waals surface area contributed by atoms with Gasteiger partial charge in [0.15, 0.2) is 12.5 Å². The number of nitrogen functional groups attached to an aromatic ring is 2. The average Bonchev–Trinajstić information content (AvgIpc) is 3.73. The van der Waals surface area contributed by atoms with E-state index in [2.05, 4.69) is 32.2 Å². The first-order valence-electron chi connectivity index (χ1n) is 13.0. The molecule has 2 bridgehead atoms. The molecule has 10 unspecified atom stereocenters. The molecule has 0 amide bonds. The molecule has 10 atom stereocenters. The molecule has 22 heteroatoms. The van der Waals surface area contributed by atoms with Crippen LogP contribution in [-0.2, 0) is 36.7 Å². The van der Waals surface area contributed by atoms with Crippen LogP contribution in [0.3, 0.4) is 0 Å². The van der Waals surface area contributed by atoms with E-state index in [4.69, 9.17) is 39.0 Å². The minimum absolute atomic E-state index is 0.184. The van der Waals surface area contributed by atoms with Gasteiger partial charge in [0, 0.05) is 12.4 Å². The van der Waals surface area contributed by atoms with Crippen LogP contribution in [0.5, 0.6) is 0 Å². The summed E-state index contributed by atoms with van der Waals surface area (Å²) in [5.41, 5.74) is 12.5. The molecule has 7 rings (SSSR count). The van der Waals surface area contributed by atoms with Crippen molar-refractivity contribution in [3.63, 3.8) is 0 Å². The van der Waals surface area contributed by atoms with Gasteiger partial charge in [0.1, 0.15) is 72.2 Å². The van der Waals surface area contributed by atoms with Gasteiger partial charge in [-0.2, -0.15) is 0 Å². The molecule has 7 N–H and O–H groups in total. The van der Waals surface area contributed by atoms with Crippen LogP contribution < -0.4 is 11.5 Å². The summed E-state index contributed by atoms with van der Waals surface area (Å²) in [4.78, 5) is 26.9. The van der Waals surface area contributed by atoms with Crippen molar-refractivity contribution in [2.24, 2.45) is 0 Å². The summed E-state index contributed by atoms with van der Waals surface area (Å²) in [7, 11) is -4.95. The SMILES string of the molecule is Nc1ncnc2c1ccn2C1OC2COP(=O)(S)OC3C(O)C(COP(=O)(O)OC2C1O)OC3n1ccc2c(N)ncnc21. The van der Waals surface area contributed by atoms with Gasteiger partial charge in [-0.25, -0.2) is 29.1 Å². The molecule has 0 radical (unpaired) electrons. The van der Waals surface area contributed by atoms with Crippen molar-refractivity contribution in [1.82, 2.24) is 29.1 Å². The normalized spacial score (nSPS) is 38.3. The molecule has 0 spiro atoms. The van der Waals surface area contributed by atoms with Gasteiger partial charge in [-0.15, -0.1) is 0 Å². The first-order chi connectivity index (χ1) is 20.9. The van der Waals surface area contributed by atoms with Gasteiger partial charge in [0.2, 0.25) is 0 Å². The Labute approximate surface area is 252 Å². The molecular formula is C22H26N8O11P2S. The highest BCUT2D eigenvalue weighted by atomic mass is 32.7. The maximum absolute atomic E-state index is 13.5. The summed E-state index contributed by atoms with van der Waals surface area (Å²) in [6, 6.07) is 3.22. The second-order valence-electron chi connectivity index (χ2n) is 10.2. The third-order valence-corrected chi connectivity index (χ3v) is 10.2. The quantitative estimate of drug-likeness (QED) is 0.125. The summed E-state index contributed by atoms with van der Waals surface area (Å²) in [6.07, 6.45) is -5.51. The number of nitrogens with zero attached hydrogens (tertiary/aromatic N) is 6. The van der Waals surface area contributed by atoms with Crippen molar-refractivity contribution in [2.45, 2.75) is 49.1 Å². The van der Waals surface area contributed by atoms with E-state index >= 15 is 0 Å². The number of aliphatic hydroxyl groups excluding tert-OH is 2. The van der Waals surface area contributed by atoms with Crippen LogP contribution in [-0.4, -0.2) is 94.0 Å². The number of nitrogens with two attached hydrogens (primary N) is 2. The molecule has 7 heterocycles. The predicted molar refractivity (Wildman–Crippen MR) is 152 cm³/mol. The standard InChI is InChI=1S/C22H26N8O11P2S/c23-17-9-1-3-29(19(9)27-7-25-17)21-14(32)15-12(39-21)6-37-43(35,44)41-16-13(31)11(5-36-42(33,34)40-15)38-22(16)30-4-2-10-18(24)26-8-28-20(10)30/h1-4,7-8,11-16,21-22,31-32H,5-6H2,(H,33,34)(H,35,44)(H2,23,25,27)(H2,24,26,28). The molecule has 236 valence electrons. The minimum atomic E-state index is -4.95. The van der Waals surface area contributed by atoms with Gasteiger partial charge < -0.3 is 45.2 Å². The maximum atomic E-state index is 13.5. The molecule has 19 nitrogen and oxygen atoms in total. The third-order valence-electron chi connectivity index (χ3n) is 7.56. The Kier molecular flexibility index (Phi) is 7.47. The Balaban J connectivity index is 1.20. The van der Waals surface area contributed by atoms with Crippen LogP contribution in [0.4, 0.5) is 11.6 Å². The number of phosphoric ester groups is 1. The highest BCUT2D eigenvalue weighted by molar-refractivity contribution is 8.44. The van der Waals surface area contributed by atoms with E-state index in [0.717, 1.165) is 0 Å². The van der Waals surface area contributed by atoms with E-state index in [0.29, 0.717) is 22.1 Å². The number of aromatic nitrogens is 6. The molecule has 4 aromatic rings. The first kappa shape index (κ1) is 30.0. The van der Waals surface area contributed by atoms with Crippen molar-refractivity contribution >= 4 is 60.6 Å². The number of aliphatic hydroxyl groups is 2. The average molecular weight is 673 g/mol. The Hall–Kier alpha value is -2.71. The number of rotatable bonds is 2. The molecule has 3 aliphatic heterocycles. The lowest BCUT2D eigenvalue weighted by Crippen LogP contribution is -2.36. The van der Waals surface area contributed by atoms with Crippen molar-refractivity contribution < 1.29 is 51.8 Å². The number of fused-ring (bicyclic) bond motifs is 5. The molecule has 3 fully saturated rings. The van der Waals surface area contributed by atoms with Crippen LogP contribution in [0, 0.1) is 0 Å². The zero-order valence-electron chi connectivity index (χ0n) is 22.3. The Morgan fingerprint density at radius 1 is 0.795 bits per heavy atom. The zero-order valence-corrected chi connectivity index (χ0v) is 25.0. The van der Waals surface area contributed by atoms with Crippen LogP contribution in [0.2, 0.25) is 0 Å². The summed E-state index contributed by atoms with van der Waals surface area (Å²) in [5, 5.41) is 23.3. The van der Waals surface area contributed by atoms with Crippen LogP contribution in [0.25, 0.3) is 22.1 Å². The predicted octanol–water partition coefficient (Wildman–Crippen LogP) is 0.513. The summed E-state index contributed by atoms with van der Waals surface area (Å²) >= 11 is 4.09. The van der Waals surface area contributed by atoms with Gasteiger partial charge in [0.05, 0.1) is 24.0 Å². The largest absolute Gasteiger partial charge is 0.472 e. The van der Waals surface area contributed by atoms with Gasteiger partial charge in [-0.3, -0.25) is 18.1 Å². The summed E-state index contributed by atoms with van der Waals surface area (Å²) in [5.74, 6) is 0.370. The molecule has 0 saturated carbocycles. The lowest BCUT2D eigenvalue weighted by atomic mass is 10.1. The number of ether oxygens (including phenoxy) is 2. The highest BCUT2D eigenvalue weighted by Crippen LogP contribution is 2.58. The second kappa shape index (κ2) is 11.0. The molecule has 44 heavy (non-hydrogen) atoms. The van der Waals surface area contributed by atoms with E-state index in [-0.39, 0.29) is 11.6 Å². The first-order valence-corrected chi connectivity index (χ1v) is 17.2. The fourth-order valence-corrected chi connectivity index (χ4v) is 7.93. The van der Waals surface area contributed by atoms with Crippen LogP contribution in [0.1, 0.15) is 12.5 Å². The monoisotopic (exact) mass is 672 g/mol. The lowest BCUT2D eigenvalue weighted by molar-refractivity contribution is -0.0617. The lowest BCUT2D eigenvalue weighted by Gasteiger charge is -2.26. The van der Waals surface area contributed by atoms with E-state index in [9.17, 15) is 24.2 Å². The van der Waals surface area contributed by atoms with E-state index < -0.39 is 76.9 Å². The Morgan fingerprint density at radius 3 is 2.00 bits per heavy atom. The van der Waals surface area contributed by atoms with Gasteiger partial charge >= 0.3 is 14.6 Å². The van der Waals surface area contributed by atoms with Crippen molar-refractivity contribution in [3.8, 4) is 0 Å². The number of anilines is 2. The second-order valence-corrected chi connectivity index (χ2v) is 14.5. The molecule has 3 aliphatic rings. The molecular weight excluding hydrogens is 646 g/mol. The smallest absolute Gasteiger partial charge is 0.387 e. The number of phosphoric acid groups is 1. The number of hydrogen-bond acceptors (Lipinski definition) is 16. The Morgan fingerprint density at radius 2 is 1.36 bits per heavy atom. The van der Waals surface area contributed by atoms with Crippen LogP contribution in [0.15, 0.2) is 37.2 Å². The topological polar surface area (TPSA) is 264 Å². The zero-order chi connectivity index (χ0) is 31.0. The summed E-state index contributed by atoms with van der Waals surface area (Å²) in [6.45, 7) is -5.59. The van der Waals surface area contributed by atoms with Crippen molar-refractivity contribution in [2.75, 3.05) is 24.7 Å². The fraction of sp³-hybridized carbons (Fsp3) is 0.455. The summed E-state index contributed by atoms with van der Waals surface area (Å²) < 4.78 is 63.2. The highest BCUT2D eigenvalue weighted by Gasteiger charge is 2.53. The van der Waals surface area contributed by atoms with Gasteiger partial charge in [-0.05, 0) is 12.1 Å². The van der Waals surface area contributed by atoms with Crippen molar-refractivity contribution in [3.05, 3.63) is 37.2 Å². The fourth-order valence-electron chi connectivity index (χ4n) is 5.50. The molecule has 0 aliphatic carbocycles. The number of hydrogen-bond donors (Lipinski definition) is 6. The number of thiol groups is 1.